The fourth-order valence-corrected chi connectivity index (χ4v) is 4.54. The van der Waals surface area contributed by atoms with Gasteiger partial charge < -0.3 is 4.74 Å². The molecule has 0 amide bonds. The van der Waals surface area contributed by atoms with Crippen LogP contribution >= 0.6 is 0 Å². The first-order chi connectivity index (χ1) is 12.1. The zero-order valence-corrected chi connectivity index (χ0v) is 15.8. The summed E-state index contributed by atoms with van der Waals surface area (Å²) < 4.78 is 33.7. The monoisotopic (exact) mass is 350 g/mol. The molecule has 3 heteroatoms. The molecule has 3 rings (SSSR count). The van der Waals surface area contributed by atoms with E-state index in [-0.39, 0.29) is 6.10 Å². The molecule has 1 aliphatic carbocycles. The van der Waals surface area contributed by atoms with Crippen LogP contribution in [0.5, 0.6) is 0 Å². The summed E-state index contributed by atoms with van der Waals surface area (Å²) in [5.41, 5.74) is 1.82. The topological polar surface area (TPSA) is 12.5 Å². The van der Waals surface area contributed by atoms with Gasteiger partial charge in [-0.1, -0.05) is 58.3 Å². The molecule has 0 radical (unpaired) electrons. The highest BCUT2D eigenvalue weighted by atomic mass is 19.2. The minimum Gasteiger partial charge on any atom is -0.368 e. The number of hydrogen-bond donors (Lipinski definition) is 0. The summed E-state index contributed by atoms with van der Waals surface area (Å²) in [6.07, 6.45) is 11.9. The zero-order chi connectivity index (χ0) is 17.8. The van der Waals surface area contributed by atoms with Gasteiger partial charge in [0.2, 0.25) is 0 Å². The third kappa shape index (κ3) is 4.81. The molecule has 1 saturated carbocycles. The van der Waals surface area contributed by atoms with Crippen molar-refractivity contribution >= 4 is 0 Å². The van der Waals surface area contributed by atoms with Crippen molar-refractivity contribution in [1.29, 1.82) is 0 Å². The second kappa shape index (κ2) is 8.62. The van der Waals surface area contributed by atoms with Gasteiger partial charge in [0.1, 0.15) is 6.10 Å². The standard InChI is InChI=1S/C22H32F2O/c1-3-6-16-9-11-17(12-10-16)7-4-5-8-18-15(2)13-19(20-14-25-20)22(24)21(18)23/h13,16-17,20H,3-12,14H2,1-2H3. The van der Waals surface area contributed by atoms with Crippen molar-refractivity contribution in [3.63, 3.8) is 0 Å². The van der Waals surface area contributed by atoms with Crippen LogP contribution in [0.4, 0.5) is 8.78 Å². The number of rotatable bonds is 8. The van der Waals surface area contributed by atoms with Crippen molar-refractivity contribution in [3.05, 3.63) is 34.4 Å². The lowest BCUT2D eigenvalue weighted by Gasteiger charge is -2.28. The molecular weight excluding hydrogens is 318 g/mol. The highest BCUT2D eigenvalue weighted by Gasteiger charge is 2.31. The van der Waals surface area contributed by atoms with Gasteiger partial charge in [-0.25, -0.2) is 8.78 Å². The maximum atomic E-state index is 14.4. The van der Waals surface area contributed by atoms with Crippen molar-refractivity contribution in [2.45, 2.75) is 84.2 Å². The lowest BCUT2D eigenvalue weighted by molar-refractivity contribution is 0.248. The molecule has 1 unspecified atom stereocenters. The number of unbranched alkanes of at least 4 members (excludes halogenated alkanes) is 1. The van der Waals surface area contributed by atoms with E-state index in [1.54, 1.807) is 6.07 Å². The maximum Gasteiger partial charge on any atom is 0.165 e. The van der Waals surface area contributed by atoms with E-state index in [4.69, 9.17) is 4.74 Å². The lowest BCUT2D eigenvalue weighted by Crippen LogP contribution is -2.14. The molecular formula is C22H32F2O. The van der Waals surface area contributed by atoms with Gasteiger partial charge in [-0.05, 0) is 48.8 Å². The summed E-state index contributed by atoms with van der Waals surface area (Å²) in [5.74, 6) is 0.461. The van der Waals surface area contributed by atoms with Gasteiger partial charge >= 0.3 is 0 Å². The Morgan fingerprint density at radius 3 is 2.24 bits per heavy atom. The van der Waals surface area contributed by atoms with Crippen molar-refractivity contribution in [1.82, 2.24) is 0 Å². The molecule has 2 fully saturated rings. The molecule has 0 spiro atoms. The van der Waals surface area contributed by atoms with Crippen LogP contribution in [-0.2, 0) is 11.2 Å². The van der Waals surface area contributed by atoms with E-state index in [1.165, 1.54) is 44.9 Å². The molecule has 1 aromatic rings. The minimum atomic E-state index is -0.697. The molecule has 140 valence electrons. The van der Waals surface area contributed by atoms with Crippen molar-refractivity contribution in [2.75, 3.05) is 6.61 Å². The number of benzene rings is 1. The Hall–Kier alpha value is -0.960. The third-order valence-electron chi connectivity index (χ3n) is 6.19. The van der Waals surface area contributed by atoms with Gasteiger partial charge in [0.25, 0.3) is 0 Å². The van der Waals surface area contributed by atoms with E-state index < -0.39 is 11.6 Å². The van der Waals surface area contributed by atoms with Crippen LogP contribution < -0.4 is 0 Å². The molecule has 1 atom stereocenters. The Balaban J connectivity index is 1.44. The molecule has 0 aromatic heterocycles. The van der Waals surface area contributed by atoms with E-state index in [2.05, 4.69) is 6.92 Å². The van der Waals surface area contributed by atoms with E-state index in [9.17, 15) is 8.78 Å². The van der Waals surface area contributed by atoms with E-state index >= 15 is 0 Å². The second-order valence-electron chi connectivity index (χ2n) is 8.13. The predicted octanol–water partition coefficient (Wildman–Crippen LogP) is 6.66. The largest absolute Gasteiger partial charge is 0.368 e. The number of hydrogen-bond acceptors (Lipinski definition) is 1. The molecule has 1 nitrogen and oxygen atoms in total. The molecule has 1 heterocycles. The Kier molecular flexibility index (Phi) is 6.49. The first-order valence-electron chi connectivity index (χ1n) is 10.2. The highest BCUT2D eigenvalue weighted by Crippen LogP contribution is 2.36. The summed E-state index contributed by atoms with van der Waals surface area (Å²) in [7, 11) is 0. The SMILES string of the molecule is CCCC1CCC(CCCCc2c(C)cc(C3CO3)c(F)c2F)CC1. The van der Waals surface area contributed by atoms with Crippen molar-refractivity contribution in [2.24, 2.45) is 11.8 Å². The first-order valence-corrected chi connectivity index (χ1v) is 10.2. The van der Waals surface area contributed by atoms with E-state index in [0.29, 0.717) is 24.2 Å². The summed E-state index contributed by atoms with van der Waals surface area (Å²) in [6, 6.07) is 1.78. The number of epoxide rings is 1. The molecule has 0 N–H and O–H groups in total. The van der Waals surface area contributed by atoms with Gasteiger partial charge in [0.15, 0.2) is 11.6 Å². The number of halogens is 2. The van der Waals surface area contributed by atoms with Gasteiger partial charge in [0, 0.05) is 5.56 Å². The normalized spacial score (nSPS) is 26.0. The summed E-state index contributed by atoms with van der Waals surface area (Å²) in [4.78, 5) is 0. The fraction of sp³-hybridized carbons (Fsp3) is 0.727. The first kappa shape index (κ1) is 18.8. The summed E-state index contributed by atoms with van der Waals surface area (Å²) in [6.45, 7) is 4.68. The number of ether oxygens (including phenoxy) is 1. The Morgan fingerprint density at radius 1 is 1.00 bits per heavy atom. The third-order valence-corrected chi connectivity index (χ3v) is 6.19. The second-order valence-corrected chi connectivity index (χ2v) is 8.13. The maximum absolute atomic E-state index is 14.4. The Bertz CT molecular complexity index is 572. The summed E-state index contributed by atoms with van der Waals surface area (Å²) >= 11 is 0. The van der Waals surface area contributed by atoms with Gasteiger partial charge in [-0.3, -0.25) is 0 Å². The average molecular weight is 350 g/mol. The highest BCUT2D eigenvalue weighted by molar-refractivity contribution is 5.36. The Labute approximate surface area is 151 Å². The average Bonchev–Trinajstić information content (AvgIpc) is 3.44. The zero-order valence-electron chi connectivity index (χ0n) is 15.8. The molecule has 2 aliphatic rings. The van der Waals surface area contributed by atoms with Crippen molar-refractivity contribution in [3.8, 4) is 0 Å². The quantitative estimate of drug-likeness (QED) is 0.377. The van der Waals surface area contributed by atoms with Crippen LogP contribution in [0.3, 0.4) is 0 Å². The van der Waals surface area contributed by atoms with Crippen LogP contribution in [0, 0.1) is 30.4 Å². The van der Waals surface area contributed by atoms with E-state index in [0.717, 1.165) is 30.2 Å². The van der Waals surface area contributed by atoms with Crippen LogP contribution in [0.1, 0.15) is 87.5 Å². The lowest BCUT2D eigenvalue weighted by atomic mass is 9.78. The molecule has 25 heavy (non-hydrogen) atoms. The molecule has 0 bridgehead atoms. The predicted molar refractivity (Wildman–Crippen MR) is 97.7 cm³/mol. The van der Waals surface area contributed by atoms with Crippen molar-refractivity contribution < 1.29 is 13.5 Å². The molecule has 1 aliphatic heterocycles. The molecule has 1 saturated heterocycles. The van der Waals surface area contributed by atoms with Crippen LogP contribution in [0.2, 0.25) is 0 Å². The van der Waals surface area contributed by atoms with E-state index in [1.807, 2.05) is 6.92 Å². The van der Waals surface area contributed by atoms with Crippen LogP contribution in [-0.4, -0.2) is 6.61 Å². The minimum absolute atomic E-state index is 0.231. The van der Waals surface area contributed by atoms with Gasteiger partial charge in [0.05, 0.1) is 6.61 Å². The molecule has 1 aromatic carbocycles. The Morgan fingerprint density at radius 2 is 1.64 bits per heavy atom. The van der Waals surface area contributed by atoms with Crippen LogP contribution in [0.15, 0.2) is 6.07 Å². The van der Waals surface area contributed by atoms with Crippen LogP contribution in [0.25, 0.3) is 0 Å². The van der Waals surface area contributed by atoms with Gasteiger partial charge in [-0.15, -0.1) is 0 Å². The smallest absolute Gasteiger partial charge is 0.165 e. The fourth-order valence-electron chi connectivity index (χ4n) is 4.54. The van der Waals surface area contributed by atoms with Gasteiger partial charge in [-0.2, -0.15) is 0 Å². The summed E-state index contributed by atoms with van der Waals surface area (Å²) in [5, 5.41) is 0. The number of aryl methyl sites for hydroxylation is 1.